The molecule has 1 aliphatic carbocycles. The van der Waals surface area contributed by atoms with Crippen molar-refractivity contribution in [2.45, 2.75) is 44.8 Å². The van der Waals surface area contributed by atoms with Gasteiger partial charge in [-0.25, -0.2) is 0 Å². The molecule has 2 aliphatic heterocycles. The van der Waals surface area contributed by atoms with E-state index in [-0.39, 0.29) is 23.2 Å². The zero-order valence-corrected chi connectivity index (χ0v) is 18.6. The average molecular weight is 464 g/mol. The van der Waals surface area contributed by atoms with Gasteiger partial charge in [-0.1, -0.05) is 0 Å². The van der Waals surface area contributed by atoms with Crippen LogP contribution in [0.15, 0.2) is 24.5 Å². The van der Waals surface area contributed by atoms with Crippen LogP contribution in [0.3, 0.4) is 0 Å². The molecule has 6 nitrogen and oxygen atoms in total. The largest absolute Gasteiger partial charge is 0.417 e. The number of halogens is 3. The van der Waals surface area contributed by atoms with Gasteiger partial charge in [0.25, 0.3) is 0 Å². The molecule has 0 spiro atoms. The third-order valence-corrected chi connectivity index (χ3v) is 7.07. The number of alkyl halides is 3. The minimum Gasteiger partial charge on any atom is -0.381 e. The third kappa shape index (κ3) is 4.99. The minimum atomic E-state index is -4.50. The van der Waals surface area contributed by atoms with Gasteiger partial charge in [-0.2, -0.15) is 13.2 Å². The highest BCUT2D eigenvalue weighted by atomic mass is 19.4. The van der Waals surface area contributed by atoms with Crippen molar-refractivity contribution in [3.8, 4) is 11.3 Å². The number of hydrogen-bond donors (Lipinski definition) is 1. The highest BCUT2D eigenvalue weighted by Crippen LogP contribution is 2.40. The van der Waals surface area contributed by atoms with Crippen LogP contribution in [0.2, 0.25) is 0 Å². The second kappa shape index (κ2) is 9.18. The molecular formula is C24H30F3N5O. The number of nitrogens with one attached hydrogen (secondary N) is 1. The summed E-state index contributed by atoms with van der Waals surface area (Å²) in [4.78, 5) is 5.86. The molecule has 5 rings (SSSR count). The number of anilines is 1. The quantitative estimate of drug-likeness (QED) is 0.709. The monoisotopic (exact) mass is 463 g/mol. The fraction of sp³-hybridized carbons (Fsp3) is 0.625. The number of pyridine rings is 1. The molecule has 178 valence electrons. The molecule has 2 saturated heterocycles. The van der Waals surface area contributed by atoms with E-state index in [1.165, 1.54) is 6.20 Å². The van der Waals surface area contributed by atoms with E-state index in [1.807, 2.05) is 11.8 Å². The number of nitrogens with zero attached hydrogens (tertiary/aromatic N) is 4. The molecule has 0 aromatic carbocycles. The Hall–Kier alpha value is -2.26. The van der Waals surface area contributed by atoms with Crippen molar-refractivity contribution in [3.05, 3.63) is 35.7 Å². The van der Waals surface area contributed by atoms with Crippen molar-refractivity contribution in [1.82, 2.24) is 20.1 Å². The number of likely N-dealkylation sites (tertiary alicyclic amines) is 1. The molecule has 2 aromatic rings. The van der Waals surface area contributed by atoms with Crippen LogP contribution in [-0.4, -0.2) is 58.9 Å². The van der Waals surface area contributed by atoms with Crippen molar-refractivity contribution in [2.24, 2.45) is 17.8 Å². The maximum Gasteiger partial charge on any atom is 0.417 e. The maximum atomic E-state index is 13.4. The van der Waals surface area contributed by atoms with E-state index in [2.05, 4.69) is 20.5 Å². The summed E-state index contributed by atoms with van der Waals surface area (Å²) >= 11 is 0. The fourth-order valence-corrected chi connectivity index (χ4v) is 5.41. The Morgan fingerprint density at radius 3 is 2.58 bits per heavy atom. The van der Waals surface area contributed by atoms with Crippen LogP contribution in [0, 0.1) is 24.7 Å². The van der Waals surface area contributed by atoms with E-state index in [0.29, 0.717) is 30.9 Å². The SMILES string of the molecule is [2H]C([2H])(C1CCOCC1)N1CC2CC(Nc3nnc(-c4cnccc4C(F)(F)F)cc3C)CC2C1. The lowest BCUT2D eigenvalue weighted by atomic mass is 10.00. The summed E-state index contributed by atoms with van der Waals surface area (Å²) in [5.74, 6) is 1.42. The first-order chi connectivity index (χ1) is 16.6. The van der Waals surface area contributed by atoms with Crippen LogP contribution in [0.25, 0.3) is 11.3 Å². The Bertz CT molecular complexity index is 1050. The van der Waals surface area contributed by atoms with E-state index in [0.717, 1.165) is 56.6 Å². The van der Waals surface area contributed by atoms with Crippen molar-refractivity contribution in [3.63, 3.8) is 0 Å². The summed E-state index contributed by atoms with van der Waals surface area (Å²) < 4.78 is 63.0. The Balaban J connectivity index is 1.23. The van der Waals surface area contributed by atoms with E-state index < -0.39 is 18.2 Å². The molecule has 2 unspecified atom stereocenters. The lowest BCUT2D eigenvalue weighted by Crippen LogP contribution is -2.32. The summed E-state index contributed by atoms with van der Waals surface area (Å²) in [6, 6.07) is 2.74. The fourth-order valence-electron chi connectivity index (χ4n) is 5.41. The van der Waals surface area contributed by atoms with Crippen molar-refractivity contribution < 1.29 is 20.6 Å². The van der Waals surface area contributed by atoms with Crippen LogP contribution < -0.4 is 5.32 Å². The maximum absolute atomic E-state index is 13.4. The van der Waals surface area contributed by atoms with Gasteiger partial charge in [0, 0.05) is 59.5 Å². The van der Waals surface area contributed by atoms with Crippen molar-refractivity contribution in [1.29, 1.82) is 0 Å². The van der Waals surface area contributed by atoms with Crippen molar-refractivity contribution in [2.75, 3.05) is 38.1 Å². The van der Waals surface area contributed by atoms with Crippen molar-refractivity contribution >= 4 is 5.82 Å². The van der Waals surface area contributed by atoms with Crippen LogP contribution >= 0.6 is 0 Å². The molecule has 3 fully saturated rings. The molecule has 0 radical (unpaired) electrons. The summed E-state index contributed by atoms with van der Waals surface area (Å²) in [5.41, 5.74) is -0.00333. The molecule has 0 amide bonds. The average Bonchev–Trinajstić information content (AvgIpc) is 3.40. The van der Waals surface area contributed by atoms with E-state index in [4.69, 9.17) is 7.48 Å². The summed E-state index contributed by atoms with van der Waals surface area (Å²) in [5, 5.41) is 11.7. The number of aryl methyl sites for hydroxylation is 1. The van der Waals surface area contributed by atoms with Gasteiger partial charge < -0.3 is 15.0 Å². The zero-order valence-electron chi connectivity index (χ0n) is 20.6. The molecule has 2 atom stereocenters. The minimum absolute atomic E-state index is 0.0121. The number of aromatic nitrogens is 3. The molecular weight excluding hydrogens is 431 g/mol. The summed E-state index contributed by atoms with van der Waals surface area (Å²) in [6.45, 7) is 3.26. The summed E-state index contributed by atoms with van der Waals surface area (Å²) in [6.07, 6.45) is 1.14. The highest BCUT2D eigenvalue weighted by molar-refractivity contribution is 5.65. The lowest BCUT2D eigenvalue weighted by molar-refractivity contribution is -0.137. The first-order valence-corrected chi connectivity index (χ1v) is 11.6. The van der Waals surface area contributed by atoms with Gasteiger partial charge in [-0.05, 0) is 68.1 Å². The molecule has 4 heterocycles. The van der Waals surface area contributed by atoms with Gasteiger partial charge >= 0.3 is 6.18 Å². The number of rotatable bonds is 5. The van der Waals surface area contributed by atoms with Gasteiger partial charge in [-0.3, -0.25) is 4.98 Å². The van der Waals surface area contributed by atoms with Gasteiger partial charge in [0.1, 0.15) is 0 Å². The standard InChI is InChI=1S/C24H30F3N5O/c1-15-8-22(20-11-28-5-2-21(20)24(25,26)27)30-31-23(15)29-19-9-17-13-32(14-18(17)10-19)12-16-3-6-33-7-4-16/h2,5,8,11,16-19H,3-4,6-7,9-10,12-14H2,1H3,(H,29,31)/i12D2. The molecule has 1 N–H and O–H groups in total. The molecule has 1 saturated carbocycles. The zero-order chi connectivity index (χ0) is 24.8. The van der Waals surface area contributed by atoms with E-state index >= 15 is 0 Å². The molecule has 9 heteroatoms. The molecule has 0 bridgehead atoms. The van der Waals surface area contributed by atoms with Gasteiger partial charge in [0.05, 0.1) is 11.3 Å². The van der Waals surface area contributed by atoms with E-state index in [9.17, 15) is 13.2 Å². The Morgan fingerprint density at radius 1 is 1.18 bits per heavy atom. The smallest absolute Gasteiger partial charge is 0.381 e. The van der Waals surface area contributed by atoms with Crippen LogP contribution in [0.1, 0.15) is 39.6 Å². The van der Waals surface area contributed by atoms with Crippen LogP contribution in [0.5, 0.6) is 0 Å². The Kier molecular flexibility index (Phi) is 5.60. The van der Waals surface area contributed by atoms with Gasteiger partial charge in [-0.15, -0.1) is 10.2 Å². The van der Waals surface area contributed by atoms with Gasteiger partial charge in [0.2, 0.25) is 0 Å². The highest BCUT2D eigenvalue weighted by Gasteiger charge is 2.41. The normalized spacial score (nSPS) is 27.8. The molecule has 2 aromatic heterocycles. The van der Waals surface area contributed by atoms with Crippen LogP contribution in [0.4, 0.5) is 19.0 Å². The predicted octanol–water partition coefficient (Wildman–Crippen LogP) is 4.41. The first-order valence-electron chi connectivity index (χ1n) is 12.6. The second-order valence-corrected chi connectivity index (χ2v) is 9.43. The van der Waals surface area contributed by atoms with Gasteiger partial charge in [0.15, 0.2) is 5.82 Å². The topological polar surface area (TPSA) is 63.2 Å². The Morgan fingerprint density at radius 2 is 1.91 bits per heavy atom. The second-order valence-electron chi connectivity index (χ2n) is 9.43. The number of hydrogen-bond acceptors (Lipinski definition) is 6. The molecule has 33 heavy (non-hydrogen) atoms. The number of fused-ring (bicyclic) bond motifs is 1. The van der Waals surface area contributed by atoms with Crippen LogP contribution in [-0.2, 0) is 10.9 Å². The summed E-state index contributed by atoms with van der Waals surface area (Å²) in [7, 11) is 0. The number of ether oxygens (including phenoxy) is 1. The van der Waals surface area contributed by atoms with E-state index in [1.54, 1.807) is 6.07 Å². The molecule has 3 aliphatic rings. The third-order valence-electron chi connectivity index (χ3n) is 7.07. The predicted molar refractivity (Wildman–Crippen MR) is 119 cm³/mol. The Labute approximate surface area is 194 Å². The first kappa shape index (κ1) is 20.1. The lowest BCUT2D eigenvalue weighted by Gasteiger charge is -2.27.